The number of rotatable bonds is 7. The first kappa shape index (κ1) is 21.7. The summed E-state index contributed by atoms with van der Waals surface area (Å²) in [5, 5.41) is 9.61. The maximum absolute atomic E-state index is 9.61. The van der Waals surface area contributed by atoms with Gasteiger partial charge in [0.1, 0.15) is 0 Å². The Bertz CT molecular complexity index is 425. The molecule has 0 spiro atoms. The van der Waals surface area contributed by atoms with Gasteiger partial charge in [0.25, 0.3) is 0 Å². The summed E-state index contributed by atoms with van der Waals surface area (Å²) in [6.45, 7) is 14.0. The van der Waals surface area contributed by atoms with Gasteiger partial charge < -0.3 is 9.53 Å². The summed E-state index contributed by atoms with van der Waals surface area (Å²) < 4.78 is 6.91. The van der Waals surface area contributed by atoms with Gasteiger partial charge in [-0.2, -0.15) is 0 Å². The zero-order valence-corrected chi connectivity index (χ0v) is 18.0. The molecule has 1 aliphatic rings. The van der Waals surface area contributed by atoms with Gasteiger partial charge >= 0.3 is 0 Å². The minimum Gasteiger partial charge on any atom is -0.412 e. The molecule has 0 aromatic carbocycles. The number of hydrogen-bond donors (Lipinski definition) is 1. The number of hydrogen-bond acceptors (Lipinski definition) is 2. The van der Waals surface area contributed by atoms with Crippen molar-refractivity contribution in [3.05, 3.63) is 23.3 Å². The molecule has 24 heavy (non-hydrogen) atoms. The topological polar surface area (TPSA) is 29.5 Å². The van der Waals surface area contributed by atoms with Crippen molar-refractivity contribution >= 4 is 8.32 Å². The van der Waals surface area contributed by atoms with Crippen LogP contribution in [0.4, 0.5) is 0 Å². The van der Waals surface area contributed by atoms with Crippen LogP contribution >= 0.6 is 0 Å². The van der Waals surface area contributed by atoms with Crippen molar-refractivity contribution in [2.45, 2.75) is 97.4 Å². The average Bonchev–Trinajstić information content (AvgIpc) is 2.57. The predicted molar refractivity (Wildman–Crippen MR) is 108 cm³/mol. The van der Waals surface area contributed by atoms with Crippen molar-refractivity contribution in [3.8, 4) is 0 Å². The Morgan fingerprint density at radius 1 is 1.12 bits per heavy atom. The van der Waals surface area contributed by atoms with E-state index in [2.05, 4.69) is 53.7 Å². The summed E-state index contributed by atoms with van der Waals surface area (Å²) in [5.74, 6) is 0.511. The van der Waals surface area contributed by atoms with Gasteiger partial charge in [0.05, 0.1) is 12.2 Å². The monoisotopic (exact) mass is 352 g/mol. The first-order chi connectivity index (χ1) is 11.3. The van der Waals surface area contributed by atoms with E-state index in [-0.39, 0.29) is 12.2 Å². The summed E-state index contributed by atoms with van der Waals surface area (Å²) in [4.78, 5) is 0. The van der Waals surface area contributed by atoms with Crippen molar-refractivity contribution in [2.75, 3.05) is 6.61 Å². The lowest BCUT2D eigenvalue weighted by Gasteiger charge is -2.43. The molecule has 0 saturated heterocycles. The van der Waals surface area contributed by atoms with Gasteiger partial charge in [-0.25, -0.2) is 0 Å². The van der Waals surface area contributed by atoms with Crippen LogP contribution in [0.5, 0.6) is 0 Å². The van der Waals surface area contributed by atoms with Gasteiger partial charge in [0.15, 0.2) is 8.32 Å². The van der Waals surface area contributed by atoms with Crippen molar-refractivity contribution in [3.63, 3.8) is 0 Å². The van der Waals surface area contributed by atoms with E-state index in [0.29, 0.717) is 5.92 Å². The van der Waals surface area contributed by atoms with Gasteiger partial charge in [-0.3, -0.25) is 0 Å². The van der Waals surface area contributed by atoms with Crippen molar-refractivity contribution in [1.82, 2.24) is 0 Å². The van der Waals surface area contributed by atoms with Crippen LogP contribution in [0.2, 0.25) is 18.1 Å². The van der Waals surface area contributed by atoms with Crippen LogP contribution < -0.4 is 0 Å². The Labute approximate surface area is 151 Å². The number of allylic oxidation sites excluding steroid dienone is 3. The van der Waals surface area contributed by atoms with Gasteiger partial charge in [-0.15, -0.1) is 0 Å². The van der Waals surface area contributed by atoms with Crippen molar-refractivity contribution in [2.24, 2.45) is 5.92 Å². The molecular formula is C21H40O2Si. The fourth-order valence-corrected chi connectivity index (χ4v) is 7.14. The van der Waals surface area contributed by atoms with Gasteiger partial charge in [-0.1, -0.05) is 38.5 Å². The van der Waals surface area contributed by atoms with Gasteiger partial charge in [0, 0.05) is 0 Å². The predicted octanol–water partition coefficient (Wildman–Crippen LogP) is 6.23. The van der Waals surface area contributed by atoms with Crippen LogP contribution in [-0.4, -0.2) is 25.6 Å². The summed E-state index contributed by atoms with van der Waals surface area (Å²) in [6.07, 6.45) is 10.0. The molecule has 0 aromatic heterocycles. The number of aliphatic hydroxyl groups is 1. The second-order valence-electron chi connectivity index (χ2n) is 8.03. The highest BCUT2D eigenvalue weighted by Crippen LogP contribution is 2.37. The molecule has 0 bridgehead atoms. The van der Waals surface area contributed by atoms with E-state index < -0.39 is 8.32 Å². The molecule has 1 aliphatic carbocycles. The largest absolute Gasteiger partial charge is 0.412 e. The first-order valence-corrected chi connectivity index (χ1v) is 12.5. The zero-order valence-electron chi connectivity index (χ0n) is 17.0. The minimum absolute atomic E-state index is 0.0925. The molecule has 0 heterocycles. The summed E-state index contributed by atoms with van der Waals surface area (Å²) in [6, 6.07) is 3.60. The summed E-state index contributed by atoms with van der Waals surface area (Å²) in [7, 11) is -1.62. The van der Waals surface area contributed by atoms with E-state index in [1.807, 2.05) is 0 Å². The maximum atomic E-state index is 9.61. The lowest BCUT2D eigenvalue weighted by Crippen LogP contribution is -2.48. The average molecular weight is 353 g/mol. The first-order valence-electron chi connectivity index (χ1n) is 9.97. The van der Waals surface area contributed by atoms with E-state index in [0.717, 1.165) is 19.3 Å². The van der Waals surface area contributed by atoms with Crippen LogP contribution in [0, 0.1) is 5.92 Å². The smallest absolute Gasteiger partial charge is 0.192 e. The van der Waals surface area contributed by atoms with E-state index in [1.54, 1.807) is 0 Å². The molecule has 0 amide bonds. The molecule has 1 unspecified atom stereocenters. The highest BCUT2D eigenvalue weighted by atomic mass is 28.4. The Morgan fingerprint density at radius 3 is 2.29 bits per heavy atom. The van der Waals surface area contributed by atoms with Gasteiger partial charge in [0.2, 0.25) is 0 Å². The molecule has 2 nitrogen and oxygen atoms in total. The fraction of sp³-hybridized carbons (Fsp3) is 0.810. The lowest BCUT2D eigenvalue weighted by atomic mass is 9.82. The zero-order chi connectivity index (χ0) is 18.2. The molecule has 0 saturated carbocycles. The SMILES string of the molecule is CC[Si](CC)(CC)OC(C)(C)C1C/C=C(\CO)CC/C=C(\C)CC1. The Kier molecular flexibility index (Phi) is 8.97. The molecular weight excluding hydrogens is 312 g/mol. The second kappa shape index (κ2) is 9.93. The van der Waals surface area contributed by atoms with Gasteiger partial charge in [-0.05, 0) is 82.5 Å². The molecule has 0 fully saturated rings. The van der Waals surface area contributed by atoms with E-state index in [9.17, 15) is 5.11 Å². The van der Waals surface area contributed by atoms with Crippen LogP contribution in [0.3, 0.4) is 0 Å². The quantitative estimate of drug-likeness (QED) is 0.434. The van der Waals surface area contributed by atoms with E-state index in [4.69, 9.17) is 4.43 Å². The molecule has 1 rings (SSSR count). The Hall–Kier alpha value is -0.383. The summed E-state index contributed by atoms with van der Waals surface area (Å²) in [5.41, 5.74) is 2.58. The fourth-order valence-electron chi connectivity index (χ4n) is 3.92. The molecule has 1 atom stereocenters. The highest BCUT2D eigenvalue weighted by molar-refractivity contribution is 6.73. The summed E-state index contributed by atoms with van der Waals surface area (Å²) >= 11 is 0. The molecule has 0 aromatic rings. The molecule has 0 aliphatic heterocycles. The lowest BCUT2D eigenvalue weighted by molar-refractivity contribution is 0.0288. The Balaban J connectivity index is 2.99. The molecule has 0 radical (unpaired) electrons. The highest BCUT2D eigenvalue weighted by Gasteiger charge is 2.39. The van der Waals surface area contributed by atoms with Crippen LogP contribution in [0.15, 0.2) is 23.3 Å². The van der Waals surface area contributed by atoms with Crippen LogP contribution in [0.1, 0.15) is 73.6 Å². The molecule has 3 heteroatoms. The minimum atomic E-state index is -1.62. The Morgan fingerprint density at radius 2 is 1.75 bits per heavy atom. The third kappa shape index (κ3) is 6.16. The van der Waals surface area contributed by atoms with Crippen LogP contribution in [-0.2, 0) is 4.43 Å². The number of aliphatic hydroxyl groups excluding tert-OH is 1. The second-order valence-corrected chi connectivity index (χ2v) is 12.7. The third-order valence-corrected chi connectivity index (χ3v) is 11.0. The molecule has 1 N–H and O–H groups in total. The molecule has 140 valence electrons. The normalized spacial score (nSPS) is 25.5. The van der Waals surface area contributed by atoms with Crippen LogP contribution in [0.25, 0.3) is 0 Å². The van der Waals surface area contributed by atoms with E-state index in [1.165, 1.54) is 42.1 Å². The third-order valence-electron chi connectivity index (χ3n) is 6.14. The van der Waals surface area contributed by atoms with E-state index >= 15 is 0 Å². The standard InChI is InChI=1S/C21H40O2Si/c1-7-24(8-2,9-3)23-21(5,6)20-15-13-18(4)11-10-12-19(17-22)14-16-20/h11,14,20,22H,7-10,12-13,15-17H2,1-6H3/b18-11+,19-14-. The van der Waals surface area contributed by atoms with Crippen molar-refractivity contribution < 1.29 is 9.53 Å². The maximum Gasteiger partial charge on any atom is 0.192 e. The van der Waals surface area contributed by atoms with Crippen molar-refractivity contribution in [1.29, 1.82) is 0 Å².